The van der Waals surface area contributed by atoms with E-state index >= 15 is 0 Å². The second-order valence-electron chi connectivity index (χ2n) is 7.18. The van der Waals surface area contributed by atoms with Crippen LogP contribution in [0.1, 0.15) is 61.7 Å². The van der Waals surface area contributed by atoms with Crippen LogP contribution in [0, 0.1) is 0 Å². The first-order valence-electron chi connectivity index (χ1n) is 9.45. The Morgan fingerprint density at radius 2 is 1.75 bits per heavy atom. The van der Waals surface area contributed by atoms with Crippen molar-refractivity contribution in [3.8, 4) is 0 Å². The van der Waals surface area contributed by atoms with E-state index in [1.54, 1.807) is 11.8 Å². The summed E-state index contributed by atoms with van der Waals surface area (Å²) in [7, 11) is 0. The van der Waals surface area contributed by atoms with E-state index in [0.29, 0.717) is 6.04 Å². The van der Waals surface area contributed by atoms with E-state index in [0.717, 1.165) is 24.6 Å². The fraction of sp³-hybridized carbons (Fsp3) is 0.650. The van der Waals surface area contributed by atoms with E-state index in [2.05, 4.69) is 16.5 Å². The first kappa shape index (κ1) is 17.8. The van der Waals surface area contributed by atoms with Gasteiger partial charge in [0.15, 0.2) is 0 Å². The van der Waals surface area contributed by atoms with Crippen molar-refractivity contribution < 1.29 is 4.79 Å². The molecule has 2 aliphatic rings. The summed E-state index contributed by atoms with van der Waals surface area (Å²) in [4.78, 5) is 16.4. The first-order valence-corrected chi connectivity index (χ1v) is 10.7. The van der Waals surface area contributed by atoms with Crippen LogP contribution in [0.3, 0.4) is 0 Å². The van der Waals surface area contributed by atoms with Gasteiger partial charge < -0.3 is 5.32 Å². The summed E-state index contributed by atoms with van der Waals surface area (Å²) >= 11 is 1.70. The monoisotopic (exact) mass is 346 g/mol. The molecule has 24 heavy (non-hydrogen) atoms. The minimum Gasteiger partial charge on any atom is -0.348 e. The number of amides is 1. The van der Waals surface area contributed by atoms with E-state index < -0.39 is 0 Å². The highest BCUT2D eigenvalue weighted by atomic mass is 32.2. The van der Waals surface area contributed by atoms with Crippen LogP contribution in [0.15, 0.2) is 29.2 Å². The van der Waals surface area contributed by atoms with Crippen molar-refractivity contribution in [3.05, 3.63) is 29.8 Å². The zero-order valence-electron chi connectivity index (χ0n) is 14.8. The number of rotatable bonds is 4. The standard InChI is InChI=1S/C20H30N2OS/c1-24-19-12-10-16(11-13-19)20(23)21-17-7-6-14-22(15-17)18-8-4-2-3-5-9-18/h10-13,17-18H,2-9,14-15H2,1H3,(H,21,23). The first-order chi connectivity index (χ1) is 11.8. The van der Waals surface area contributed by atoms with Crippen molar-refractivity contribution in [2.45, 2.75) is 68.3 Å². The van der Waals surface area contributed by atoms with Gasteiger partial charge >= 0.3 is 0 Å². The van der Waals surface area contributed by atoms with E-state index in [1.165, 1.54) is 56.4 Å². The summed E-state index contributed by atoms with van der Waals surface area (Å²) in [5, 5.41) is 3.27. The molecule has 0 aromatic heterocycles. The lowest BCUT2D eigenvalue weighted by molar-refractivity contribution is 0.0860. The summed E-state index contributed by atoms with van der Waals surface area (Å²) in [6, 6.07) is 8.97. The predicted octanol–water partition coefficient (Wildman–Crippen LogP) is 4.33. The molecule has 1 heterocycles. The number of benzene rings is 1. The van der Waals surface area contributed by atoms with Gasteiger partial charge in [-0.1, -0.05) is 25.7 Å². The summed E-state index contributed by atoms with van der Waals surface area (Å²) < 4.78 is 0. The lowest BCUT2D eigenvalue weighted by Gasteiger charge is -2.38. The SMILES string of the molecule is CSc1ccc(C(=O)NC2CCCN(C3CCCCCC3)C2)cc1. The van der Waals surface area contributed by atoms with Crippen molar-refractivity contribution in [1.29, 1.82) is 0 Å². The molecule has 3 rings (SSSR count). The van der Waals surface area contributed by atoms with E-state index in [1.807, 2.05) is 24.3 Å². The molecule has 1 amide bonds. The molecule has 1 aliphatic heterocycles. The van der Waals surface area contributed by atoms with Crippen molar-refractivity contribution in [1.82, 2.24) is 10.2 Å². The maximum atomic E-state index is 12.5. The molecule has 1 N–H and O–H groups in total. The number of hydrogen-bond acceptors (Lipinski definition) is 3. The maximum absolute atomic E-state index is 12.5. The smallest absolute Gasteiger partial charge is 0.251 e. The highest BCUT2D eigenvalue weighted by molar-refractivity contribution is 7.98. The number of carbonyl (C=O) groups is 1. The van der Waals surface area contributed by atoms with E-state index in [9.17, 15) is 4.79 Å². The van der Waals surface area contributed by atoms with Gasteiger partial charge in [0, 0.05) is 29.1 Å². The Labute approximate surface area is 150 Å². The van der Waals surface area contributed by atoms with Crippen LogP contribution >= 0.6 is 11.8 Å². The molecule has 132 valence electrons. The lowest BCUT2D eigenvalue weighted by atomic mass is 9.99. The second-order valence-corrected chi connectivity index (χ2v) is 8.06. The van der Waals surface area contributed by atoms with Gasteiger partial charge in [-0.2, -0.15) is 0 Å². The van der Waals surface area contributed by atoms with Gasteiger partial charge in [0.2, 0.25) is 0 Å². The fourth-order valence-corrected chi connectivity index (χ4v) is 4.50. The third-order valence-corrected chi connectivity index (χ3v) is 6.22. The van der Waals surface area contributed by atoms with Gasteiger partial charge in [-0.15, -0.1) is 11.8 Å². The van der Waals surface area contributed by atoms with Crippen LogP contribution in [0.4, 0.5) is 0 Å². The summed E-state index contributed by atoms with van der Waals surface area (Å²) in [6.45, 7) is 2.23. The van der Waals surface area contributed by atoms with Crippen molar-refractivity contribution in [2.75, 3.05) is 19.3 Å². The molecule has 1 unspecified atom stereocenters. The molecule has 0 spiro atoms. The highest BCUT2D eigenvalue weighted by Crippen LogP contribution is 2.25. The van der Waals surface area contributed by atoms with Crippen LogP contribution < -0.4 is 5.32 Å². The van der Waals surface area contributed by atoms with Gasteiger partial charge in [-0.25, -0.2) is 0 Å². The quantitative estimate of drug-likeness (QED) is 0.651. The molecule has 2 fully saturated rings. The van der Waals surface area contributed by atoms with Crippen molar-refractivity contribution in [2.24, 2.45) is 0 Å². The number of hydrogen-bond donors (Lipinski definition) is 1. The average molecular weight is 347 g/mol. The van der Waals surface area contributed by atoms with Crippen LogP contribution in [0.2, 0.25) is 0 Å². The van der Waals surface area contributed by atoms with Crippen LogP contribution in [0.5, 0.6) is 0 Å². The van der Waals surface area contributed by atoms with E-state index in [4.69, 9.17) is 0 Å². The Bertz CT molecular complexity index is 523. The third kappa shape index (κ3) is 4.76. The Hall–Kier alpha value is -1.00. The minimum atomic E-state index is 0.0790. The highest BCUT2D eigenvalue weighted by Gasteiger charge is 2.27. The molecule has 1 saturated carbocycles. The van der Waals surface area contributed by atoms with Gasteiger partial charge in [0.25, 0.3) is 5.91 Å². The van der Waals surface area contributed by atoms with Crippen LogP contribution in [-0.4, -0.2) is 42.2 Å². The zero-order valence-corrected chi connectivity index (χ0v) is 15.6. The van der Waals surface area contributed by atoms with Gasteiger partial charge in [-0.3, -0.25) is 9.69 Å². The number of likely N-dealkylation sites (tertiary alicyclic amines) is 1. The molecule has 0 bridgehead atoms. The molecule has 1 atom stereocenters. The second kappa shape index (κ2) is 8.91. The lowest BCUT2D eigenvalue weighted by Crippen LogP contribution is -2.50. The molecule has 4 heteroatoms. The molecule has 1 aliphatic carbocycles. The average Bonchev–Trinajstić information content (AvgIpc) is 2.91. The Balaban J connectivity index is 1.55. The number of carbonyl (C=O) groups excluding carboxylic acids is 1. The number of nitrogens with one attached hydrogen (secondary N) is 1. The third-order valence-electron chi connectivity index (χ3n) is 5.48. The van der Waals surface area contributed by atoms with Crippen molar-refractivity contribution in [3.63, 3.8) is 0 Å². The van der Waals surface area contributed by atoms with Crippen LogP contribution in [0.25, 0.3) is 0 Å². The Kier molecular flexibility index (Phi) is 6.61. The topological polar surface area (TPSA) is 32.3 Å². The van der Waals surface area contributed by atoms with Crippen LogP contribution in [-0.2, 0) is 0 Å². The normalized spacial score (nSPS) is 23.6. The van der Waals surface area contributed by atoms with Gasteiger partial charge in [-0.05, 0) is 62.7 Å². The molecule has 3 nitrogen and oxygen atoms in total. The Morgan fingerprint density at radius 1 is 1.04 bits per heavy atom. The zero-order chi connectivity index (χ0) is 16.8. The molecule has 1 aromatic rings. The number of thioether (sulfide) groups is 1. The number of nitrogens with zero attached hydrogens (tertiary/aromatic N) is 1. The van der Waals surface area contributed by atoms with Gasteiger partial charge in [0.1, 0.15) is 0 Å². The summed E-state index contributed by atoms with van der Waals surface area (Å²) in [6.07, 6.45) is 12.6. The number of piperidine rings is 1. The molecule has 1 aromatic carbocycles. The summed E-state index contributed by atoms with van der Waals surface area (Å²) in [5.74, 6) is 0.0790. The van der Waals surface area contributed by atoms with E-state index in [-0.39, 0.29) is 5.91 Å². The molecular weight excluding hydrogens is 316 g/mol. The minimum absolute atomic E-state index is 0.0790. The molecule has 1 saturated heterocycles. The molecular formula is C20H30N2OS. The Morgan fingerprint density at radius 3 is 2.42 bits per heavy atom. The maximum Gasteiger partial charge on any atom is 0.251 e. The van der Waals surface area contributed by atoms with Gasteiger partial charge in [0.05, 0.1) is 0 Å². The largest absolute Gasteiger partial charge is 0.348 e. The molecule has 0 radical (unpaired) electrons. The van der Waals surface area contributed by atoms with Crippen molar-refractivity contribution >= 4 is 17.7 Å². The fourth-order valence-electron chi connectivity index (χ4n) is 4.09. The summed E-state index contributed by atoms with van der Waals surface area (Å²) in [5.41, 5.74) is 0.777. The predicted molar refractivity (Wildman–Crippen MR) is 102 cm³/mol.